The van der Waals surface area contributed by atoms with Crippen molar-refractivity contribution in [3.05, 3.63) is 77.7 Å². The van der Waals surface area contributed by atoms with Crippen LogP contribution in [0.5, 0.6) is 0 Å². The zero-order valence-corrected chi connectivity index (χ0v) is 19.1. The van der Waals surface area contributed by atoms with E-state index >= 15 is 0 Å². The summed E-state index contributed by atoms with van der Waals surface area (Å²) >= 11 is 0. The van der Waals surface area contributed by atoms with Gasteiger partial charge in [0, 0.05) is 31.4 Å². The van der Waals surface area contributed by atoms with Gasteiger partial charge in [-0.15, -0.1) is 0 Å². The summed E-state index contributed by atoms with van der Waals surface area (Å²) in [5, 5.41) is 11.8. The second-order valence-electron chi connectivity index (χ2n) is 8.24. The highest BCUT2D eigenvalue weighted by molar-refractivity contribution is 6.11. The van der Waals surface area contributed by atoms with Gasteiger partial charge in [-0.3, -0.25) is 14.8 Å². The van der Waals surface area contributed by atoms with Crippen LogP contribution < -0.4 is 10.8 Å². The quantitative estimate of drug-likeness (QED) is 0.244. The number of nitrogens with zero attached hydrogens (tertiary/aromatic N) is 2. The number of hydrogen-bond acceptors (Lipinski definition) is 5. The molecule has 174 valence electrons. The van der Waals surface area contributed by atoms with E-state index in [4.69, 9.17) is 5.21 Å². The SMILES string of the molecule is C=C(/N=C\C(=C/C)C(=O)NO)N1CCCC(CNC(=O)c2ccc(C3=CCCC=C3)cc2)C1. The third-order valence-electron chi connectivity index (χ3n) is 5.94. The van der Waals surface area contributed by atoms with E-state index in [1.165, 1.54) is 11.8 Å². The third-order valence-corrected chi connectivity index (χ3v) is 5.94. The second kappa shape index (κ2) is 12.0. The molecule has 2 amide bonds. The molecule has 0 radical (unpaired) electrons. The van der Waals surface area contributed by atoms with Crippen LogP contribution in [0.15, 0.2) is 71.5 Å². The van der Waals surface area contributed by atoms with E-state index in [0.29, 0.717) is 17.9 Å². The monoisotopic (exact) mass is 448 g/mol. The molecule has 1 aromatic rings. The summed E-state index contributed by atoms with van der Waals surface area (Å²) in [6, 6.07) is 7.74. The molecule has 0 bridgehead atoms. The van der Waals surface area contributed by atoms with Crippen molar-refractivity contribution in [2.24, 2.45) is 10.9 Å². The van der Waals surface area contributed by atoms with Crippen LogP contribution in [-0.4, -0.2) is 47.8 Å². The lowest BCUT2D eigenvalue weighted by Crippen LogP contribution is -2.40. The lowest BCUT2D eigenvalue weighted by Gasteiger charge is -2.34. The van der Waals surface area contributed by atoms with Crippen molar-refractivity contribution in [2.45, 2.75) is 32.6 Å². The number of piperidine rings is 1. The summed E-state index contributed by atoms with van der Waals surface area (Å²) in [6.45, 7) is 7.83. The van der Waals surface area contributed by atoms with E-state index in [2.05, 4.69) is 40.0 Å². The molecule has 3 N–H and O–H groups in total. The highest BCUT2D eigenvalue weighted by Gasteiger charge is 2.21. The lowest BCUT2D eigenvalue weighted by atomic mass is 9.97. The van der Waals surface area contributed by atoms with Crippen LogP contribution >= 0.6 is 0 Å². The van der Waals surface area contributed by atoms with Gasteiger partial charge in [-0.1, -0.05) is 43.0 Å². The number of nitrogens with one attached hydrogen (secondary N) is 2. The van der Waals surface area contributed by atoms with Crippen molar-refractivity contribution < 1.29 is 14.8 Å². The summed E-state index contributed by atoms with van der Waals surface area (Å²) in [6.07, 6.45) is 13.6. The van der Waals surface area contributed by atoms with Gasteiger partial charge in [0.2, 0.25) is 0 Å². The van der Waals surface area contributed by atoms with E-state index in [1.807, 2.05) is 24.3 Å². The molecule has 7 heteroatoms. The van der Waals surface area contributed by atoms with Crippen LogP contribution in [-0.2, 0) is 4.79 Å². The van der Waals surface area contributed by atoms with Crippen molar-refractivity contribution in [1.29, 1.82) is 0 Å². The van der Waals surface area contributed by atoms with E-state index < -0.39 is 5.91 Å². The largest absolute Gasteiger partial charge is 0.357 e. The first-order valence-electron chi connectivity index (χ1n) is 11.4. The fourth-order valence-electron chi connectivity index (χ4n) is 4.00. The van der Waals surface area contributed by atoms with Crippen molar-refractivity contribution in [2.75, 3.05) is 19.6 Å². The van der Waals surface area contributed by atoms with Crippen molar-refractivity contribution in [1.82, 2.24) is 15.7 Å². The summed E-state index contributed by atoms with van der Waals surface area (Å²) in [4.78, 5) is 30.5. The van der Waals surface area contributed by atoms with E-state index in [0.717, 1.165) is 44.3 Å². The minimum Gasteiger partial charge on any atom is -0.357 e. The first-order valence-corrected chi connectivity index (χ1v) is 11.4. The highest BCUT2D eigenvalue weighted by atomic mass is 16.5. The summed E-state index contributed by atoms with van der Waals surface area (Å²) < 4.78 is 0. The number of benzene rings is 1. The van der Waals surface area contributed by atoms with Crippen molar-refractivity contribution in [3.8, 4) is 0 Å². The zero-order chi connectivity index (χ0) is 23.6. The molecule has 1 aromatic carbocycles. The number of carbonyl (C=O) groups excluding carboxylic acids is 2. The van der Waals surface area contributed by atoms with Crippen LogP contribution in [0, 0.1) is 5.92 Å². The van der Waals surface area contributed by atoms with E-state index in [-0.39, 0.29) is 17.4 Å². The maximum Gasteiger partial charge on any atom is 0.275 e. The summed E-state index contributed by atoms with van der Waals surface area (Å²) in [7, 11) is 0. The molecule has 1 unspecified atom stereocenters. The van der Waals surface area contributed by atoms with Gasteiger partial charge >= 0.3 is 0 Å². The fraction of sp³-hybridized carbons (Fsp3) is 0.346. The first-order chi connectivity index (χ1) is 16.0. The predicted molar refractivity (Wildman–Crippen MR) is 131 cm³/mol. The standard InChI is InChI=1S/C26H32N4O3/c1-3-21(26(32)29-33)17-27-19(2)30-15-7-8-20(18-30)16-28-25(31)24-13-11-23(12-14-24)22-9-5-4-6-10-22/h3,5,9-14,17,20,33H,2,4,6-8,15-16,18H2,1H3,(H,28,31)(H,29,32)/b21-3+,27-17-. The Hall–Kier alpha value is -3.45. The Kier molecular flexibility index (Phi) is 8.78. The first kappa shape index (κ1) is 24.2. The van der Waals surface area contributed by atoms with Gasteiger partial charge in [0.05, 0.1) is 5.57 Å². The van der Waals surface area contributed by atoms with Crippen molar-refractivity contribution >= 4 is 23.6 Å². The molecule has 1 saturated heterocycles. The maximum absolute atomic E-state index is 12.6. The van der Waals surface area contributed by atoms with Gasteiger partial charge in [0.15, 0.2) is 0 Å². The van der Waals surface area contributed by atoms with Crippen LogP contribution in [0.3, 0.4) is 0 Å². The normalized spacial score (nSPS) is 18.7. The number of hydrogen-bond donors (Lipinski definition) is 3. The molecule has 3 rings (SSSR count). The summed E-state index contributed by atoms with van der Waals surface area (Å²) in [5.74, 6) is 0.149. The molecule has 0 aromatic heterocycles. The Balaban J connectivity index is 1.50. The highest BCUT2D eigenvalue weighted by Crippen LogP contribution is 2.22. The molecule has 1 aliphatic carbocycles. The molecule has 1 heterocycles. The minimum atomic E-state index is -0.617. The topological polar surface area (TPSA) is 94.0 Å². The number of hydroxylamine groups is 1. The molecule has 1 atom stereocenters. The van der Waals surface area contributed by atoms with Crippen LogP contribution in [0.25, 0.3) is 5.57 Å². The minimum absolute atomic E-state index is 0.0728. The van der Waals surface area contributed by atoms with Crippen LogP contribution in [0.1, 0.15) is 48.5 Å². The number of amides is 2. The molecule has 33 heavy (non-hydrogen) atoms. The number of likely N-dealkylation sites (tertiary alicyclic amines) is 1. The van der Waals surface area contributed by atoms with Gasteiger partial charge in [-0.25, -0.2) is 10.5 Å². The predicted octanol–water partition coefficient (Wildman–Crippen LogP) is 3.86. The Bertz CT molecular complexity index is 989. The Morgan fingerprint density at radius 1 is 1.27 bits per heavy atom. The number of carbonyl (C=O) groups is 2. The Labute approximate surface area is 195 Å². The number of aliphatic imine (C=N–C) groups is 1. The van der Waals surface area contributed by atoms with Gasteiger partial charge < -0.3 is 10.2 Å². The Morgan fingerprint density at radius 2 is 2.06 bits per heavy atom. The second-order valence-corrected chi connectivity index (χ2v) is 8.24. The van der Waals surface area contributed by atoms with Gasteiger partial charge in [-0.05, 0) is 61.8 Å². The fourth-order valence-corrected chi connectivity index (χ4v) is 4.00. The van der Waals surface area contributed by atoms with Crippen molar-refractivity contribution in [3.63, 3.8) is 0 Å². The molecular formula is C26H32N4O3. The van der Waals surface area contributed by atoms with Crippen LogP contribution in [0.2, 0.25) is 0 Å². The summed E-state index contributed by atoms with van der Waals surface area (Å²) in [5.41, 5.74) is 4.84. The number of rotatable bonds is 8. The van der Waals surface area contributed by atoms with E-state index in [1.54, 1.807) is 18.5 Å². The van der Waals surface area contributed by atoms with Gasteiger partial charge in [0.1, 0.15) is 5.82 Å². The smallest absolute Gasteiger partial charge is 0.275 e. The van der Waals surface area contributed by atoms with Gasteiger partial charge in [0.25, 0.3) is 11.8 Å². The molecule has 1 fully saturated rings. The zero-order valence-electron chi connectivity index (χ0n) is 19.1. The lowest BCUT2D eigenvalue weighted by molar-refractivity contribution is -0.124. The number of allylic oxidation sites excluding steroid dienone is 5. The van der Waals surface area contributed by atoms with E-state index in [9.17, 15) is 9.59 Å². The average Bonchev–Trinajstić information content (AvgIpc) is 2.88. The molecular weight excluding hydrogens is 416 g/mol. The molecule has 0 saturated carbocycles. The third kappa shape index (κ3) is 6.76. The molecule has 1 aliphatic heterocycles. The molecule has 0 spiro atoms. The van der Waals surface area contributed by atoms with Gasteiger partial charge in [-0.2, -0.15) is 0 Å². The van der Waals surface area contributed by atoms with Crippen LogP contribution in [0.4, 0.5) is 0 Å². The molecule has 7 nitrogen and oxygen atoms in total. The average molecular weight is 449 g/mol. The maximum atomic E-state index is 12.6. The Morgan fingerprint density at radius 3 is 2.73 bits per heavy atom. The molecule has 2 aliphatic rings.